The highest BCUT2D eigenvalue weighted by Crippen LogP contribution is 2.33. The van der Waals surface area contributed by atoms with Crippen molar-refractivity contribution in [3.63, 3.8) is 0 Å². The van der Waals surface area contributed by atoms with Gasteiger partial charge in [-0.1, -0.05) is 0 Å². The molecule has 6 nitrogen and oxygen atoms in total. The van der Waals surface area contributed by atoms with Crippen molar-refractivity contribution in [2.75, 3.05) is 17.6 Å². The number of aromatic nitrogens is 3. The maximum absolute atomic E-state index is 13.0. The first-order valence-electron chi connectivity index (χ1n) is 8.51. The Balaban J connectivity index is 1.80. The van der Waals surface area contributed by atoms with E-state index in [9.17, 15) is 13.2 Å². The number of aryl methyl sites for hydroxylation is 1. The minimum Gasteiger partial charge on any atom is -0.399 e. The molecule has 0 saturated carbocycles. The summed E-state index contributed by atoms with van der Waals surface area (Å²) in [6.45, 7) is 3.33. The number of nitrogen functional groups attached to an aromatic ring is 1. The van der Waals surface area contributed by atoms with Crippen molar-refractivity contribution in [1.82, 2.24) is 14.5 Å². The maximum Gasteiger partial charge on any atom is 0.416 e. The van der Waals surface area contributed by atoms with Crippen LogP contribution in [-0.4, -0.2) is 21.1 Å². The molecule has 10 heteroatoms. The highest BCUT2D eigenvalue weighted by molar-refractivity contribution is 9.10. The van der Waals surface area contributed by atoms with Crippen LogP contribution in [0.1, 0.15) is 17.0 Å². The van der Waals surface area contributed by atoms with Crippen molar-refractivity contribution < 1.29 is 13.2 Å². The number of nitrogens with one attached hydrogen (secondary N) is 1. The Morgan fingerprint density at radius 3 is 2.79 bits per heavy atom. The van der Waals surface area contributed by atoms with Gasteiger partial charge in [0.25, 0.3) is 0 Å². The molecular formula is C18H16BrF3N6. The van der Waals surface area contributed by atoms with E-state index in [0.717, 1.165) is 46.9 Å². The lowest BCUT2D eigenvalue weighted by Gasteiger charge is -2.15. The molecule has 0 spiro atoms. The van der Waals surface area contributed by atoms with Crippen molar-refractivity contribution in [1.29, 1.82) is 0 Å². The van der Waals surface area contributed by atoms with Gasteiger partial charge < -0.3 is 15.6 Å². The zero-order valence-electron chi connectivity index (χ0n) is 14.8. The Kier molecular flexibility index (Phi) is 4.53. The fourth-order valence-electron chi connectivity index (χ4n) is 3.26. The molecule has 0 atom stereocenters. The van der Waals surface area contributed by atoms with E-state index in [2.05, 4.69) is 36.2 Å². The van der Waals surface area contributed by atoms with Crippen molar-refractivity contribution in [3.8, 4) is 11.4 Å². The summed E-state index contributed by atoms with van der Waals surface area (Å²) in [6, 6.07) is 5.33. The van der Waals surface area contributed by atoms with Crippen molar-refractivity contribution in [3.05, 3.63) is 51.2 Å². The predicted octanol–water partition coefficient (Wildman–Crippen LogP) is 3.58. The minimum atomic E-state index is -4.46. The summed E-state index contributed by atoms with van der Waals surface area (Å²) in [5, 5.41) is 3.29. The molecule has 4 rings (SSSR count). The van der Waals surface area contributed by atoms with Gasteiger partial charge in [0, 0.05) is 18.8 Å². The second-order valence-corrected chi connectivity index (χ2v) is 7.38. The first-order valence-corrected chi connectivity index (χ1v) is 9.30. The molecule has 0 saturated heterocycles. The Labute approximate surface area is 166 Å². The first-order chi connectivity index (χ1) is 13.2. The molecule has 3 N–H and O–H groups in total. The second-order valence-electron chi connectivity index (χ2n) is 6.53. The molecule has 1 aromatic rings. The molecule has 146 valence electrons. The van der Waals surface area contributed by atoms with E-state index in [1.54, 1.807) is 6.92 Å². The summed E-state index contributed by atoms with van der Waals surface area (Å²) >= 11 is 3.54. The van der Waals surface area contributed by atoms with Gasteiger partial charge in [0.2, 0.25) is 0 Å². The van der Waals surface area contributed by atoms with Crippen molar-refractivity contribution >= 4 is 27.4 Å². The molecule has 3 heterocycles. The van der Waals surface area contributed by atoms with Crippen molar-refractivity contribution in [2.45, 2.75) is 26.2 Å². The molecular weight excluding hydrogens is 437 g/mol. The van der Waals surface area contributed by atoms with Gasteiger partial charge in [-0.3, -0.25) is 4.99 Å². The van der Waals surface area contributed by atoms with Crippen LogP contribution in [0.25, 0.3) is 11.4 Å². The molecule has 28 heavy (non-hydrogen) atoms. The van der Waals surface area contributed by atoms with Crippen LogP contribution in [0.4, 0.5) is 24.7 Å². The highest BCUT2D eigenvalue weighted by atomic mass is 79.9. The number of halogens is 4. The lowest BCUT2D eigenvalue weighted by Crippen LogP contribution is -2.20. The van der Waals surface area contributed by atoms with E-state index in [-0.39, 0.29) is 12.2 Å². The van der Waals surface area contributed by atoms with E-state index in [0.29, 0.717) is 16.9 Å². The summed E-state index contributed by atoms with van der Waals surface area (Å²) < 4.78 is 42.0. The Morgan fingerprint density at radius 1 is 1.25 bits per heavy atom. The standard InChI is InChI=1S/C18H16BrF3N6/c1-9-26-15(13-7-14(19)17-24-2-3-28(17)16(13)27-9)25-8-10-4-11(18(20,21)22)6-12(23)5-10/h4-7,24H,2-3,8,23H2,1H3. The monoisotopic (exact) mass is 452 g/mol. The topological polar surface area (TPSA) is 81.1 Å². The largest absolute Gasteiger partial charge is 0.416 e. The highest BCUT2D eigenvalue weighted by Gasteiger charge is 2.31. The van der Waals surface area contributed by atoms with Gasteiger partial charge in [0.1, 0.15) is 17.5 Å². The Morgan fingerprint density at radius 2 is 2.04 bits per heavy atom. The van der Waals surface area contributed by atoms with E-state index in [4.69, 9.17) is 5.73 Å². The van der Waals surface area contributed by atoms with Gasteiger partial charge >= 0.3 is 6.18 Å². The number of pyridine rings is 1. The van der Waals surface area contributed by atoms with Crippen LogP contribution in [-0.2, 0) is 19.3 Å². The molecule has 0 aliphatic carbocycles. The normalized spacial score (nSPS) is 14.4. The summed E-state index contributed by atoms with van der Waals surface area (Å²) in [6.07, 6.45) is -4.46. The molecule has 0 fully saturated rings. The number of hydrogen-bond donors (Lipinski definition) is 2. The fourth-order valence-corrected chi connectivity index (χ4v) is 3.84. The number of fused-ring (bicyclic) bond motifs is 3. The van der Waals surface area contributed by atoms with Gasteiger partial charge in [-0.25, -0.2) is 9.97 Å². The molecule has 0 unspecified atom stereocenters. The maximum atomic E-state index is 13.0. The number of anilines is 2. The van der Waals surface area contributed by atoms with Gasteiger partial charge in [-0.05, 0) is 52.7 Å². The van der Waals surface area contributed by atoms with Crippen LogP contribution < -0.4 is 16.5 Å². The number of benzene rings is 1. The zero-order chi connectivity index (χ0) is 20.1. The second kappa shape index (κ2) is 6.77. The molecule has 3 aliphatic heterocycles. The summed E-state index contributed by atoms with van der Waals surface area (Å²) in [5.74, 6) is 2.21. The van der Waals surface area contributed by atoms with E-state index < -0.39 is 11.7 Å². The van der Waals surface area contributed by atoms with Gasteiger partial charge in [-0.15, -0.1) is 0 Å². The third-order valence-electron chi connectivity index (χ3n) is 4.42. The average molecular weight is 453 g/mol. The van der Waals surface area contributed by atoms with Crippen LogP contribution in [0.5, 0.6) is 0 Å². The quantitative estimate of drug-likeness (QED) is 0.582. The van der Waals surface area contributed by atoms with Crippen LogP contribution in [0, 0.1) is 6.92 Å². The molecule has 1 aromatic carbocycles. The molecule has 3 aliphatic rings. The zero-order valence-corrected chi connectivity index (χ0v) is 16.4. The van der Waals surface area contributed by atoms with Crippen LogP contribution in [0.2, 0.25) is 0 Å². The molecule has 0 bridgehead atoms. The summed E-state index contributed by atoms with van der Waals surface area (Å²) in [5.41, 5.74) is 6.42. The Bertz CT molecular complexity index is 1110. The van der Waals surface area contributed by atoms with Gasteiger partial charge in [-0.2, -0.15) is 13.2 Å². The SMILES string of the molecule is Cc1nc2n3c(c(Br)cc-2c(=NCc2cc(N)cc(C(F)(F)F)c2)n1)NCC3. The average Bonchev–Trinajstić information content (AvgIpc) is 3.10. The number of nitrogens with two attached hydrogens (primary N) is 1. The lowest BCUT2D eigenvalue weighted by atomic mass is 10.1. The number of alkyl halides is 3. The third kappa shape index (κ3) is 3.44. The summed E-state index contributed by atoms with van der Waals surface area (Å²) in [7, 11) is 0. The lowest BCUT2D eigenvalue weighted by molar-refractivity contribution is -0.137. The molecule has 0 radical (unpaired) electrons. The minimum absolute atomic E-state index is 0.0251. The first kappa shape index (κ1) is 18.7. The Hall–Kier alpha value is -2.62. The van der Waals surface area contributed by atoms with E-state index >= 15 is 0 Å². The smallest absolute Gasteiger partial charge is 0.399 e. The number of rotatable bonds is 2. The van der Waals surface area contributed by atoms with Crippen LogP contribution in [0.3, 0.4) is 0 Å². The fraction of sp³-hybridized carbons (Fsp3) is 0.278. The van der Waals surface area contributed by atoms with Crippen molar-refractivity contribution in [2.24, 2.45) is 4.99 Å². The van der Waals surface area contributed by atoms with E-state index in [1.807, 2.05) is 10.6 Å². The molecule has 0 amide bonds. The number of hydrogen-bond acceptors (Lipinski definition) is 5. The van der Waals surface area contributed by atoms with Crippen LogP contribution in [0.15, 0.2) is 33.7 Å². The third-order valence-corrected chi connectivity index (χ3v) is 5.03. The summed E-state index contributed by atoms with van der Waals surface area (Å²) in [4.78, 5) is 13.4. The van der Waals surface area contributed by atoms with Gasteiger partial charge in [0.15, 0.2) is 5.49 Å². The van der Waals surface area contributed by atoms with Crippen LogP contribution >= 0.6 is 15.9 Å². The molecule has 0 aromatic heterocycles. The number of nitrogens with zero attached hydrogens (tertiary/aromatic N) is 4. The van der Waals surface area contributed by atoms with E-state index in [1.165, 1.54) is 6.07 Å². The predicted molar refractivity (Wildman–Crippen MR) is 103 cm³/mol. The van der Waals surface area contributed by atoms with Gasteiger partial charge in [0.05, 0.1) is 22.1 Å².